The molecule has 2 aliphatic rings. The molecule has 3 heteroatoms. The lowest BCUT2D eigenvalue weighted by atomic mass is 9.70. The molecule has 1 unspecified atom stereocenters. The SMILES string of the molecule is Cc1ccc2c(c1)C1(c3ccccc3-c3ccc(N(c4ccccc4)c4ccc(N(c5ccccc5)c5ccccc5)cc4)cc31)c1cc(N)ccc1-2. The Kier molecular flexibility index (Phi) is 7.09. The number of rotatable bonds is 6. The predicted molar refractivity (Wildman–Crippen MR) is 221 cm³/mol. The average molecular weight is 680 g/mol. The minimum absolute atomic E-state index is 0.494. The van der Waals surface area contributed by atoms with Crippen molar-refractivity contribution < 1.29 is 0 Å². The number of nitrogens with zero attached hydrogens (tertiary/aromatic N) is 2. The van der Waals surface area contributed by atoms with E-state index in [1.807, 2.05) is 6.07 Å². The fraction of sp³-hybridized carbons (Fsp3) is 0.0400. The van der Waals surface area contributed by atoms with Crippen molar-refractivity contribution in [3.63, 3.8) is 0 Å². The van der Waals surface area contributed by atoms with E-state index in [4.69, 9.17) is 5.73 Å². The maximum Gasteiger partial charge on any atom is 0.0727 e. The van der Waals surface area contributed by atoms with Crippen LogP contribution in [0.2, 0.25) is 0 Å². The van der Waals surface area contributed by atoms with E-state index in [1.54, 1.807) is 0 Å². The summed E-state index contributed by atoms with van der Waals surface area (Å²) in [4.78, 5) is 4.68. The van der Waals surface area contributed by atoms with Crippen molar-refractivity contribution in [2.45, 2.75) is 12.3 Å². The molecule has 0 saturated carbocycles. The molecule has 0 heterocycles. The number of aryl methyl sites for hydroxylation is 1. The van der Waals surface area contributed by atoms with Gasteiger partial charge in [0.05, 0.1) is 5.41 Å². The van der Waals surface area contributed by atoms with Crippen LogP contribution in [0.25, 0.3) is 22.3 Å². The fourth-order valence-corrected chi connectivity index (χ4v) is 8.82. The van der Waals surface area contributed by atoms with Gasteiger partial charge in [0.15, 0.2) is 0 Å². The maximum atomic E-state index is 6.61. The van der Waals surface area contributed by atoms with Gasteiger partial charge in [0, 0.05) is 39.8 Å². The molecule has 1 atom stereocenters. The average Bonchev–Trinajstić information content (AvgIpc) is 3.66. The molecule has 3 nitrogen and oxygen atoms in total. The zero-order valence-electron chi connectivity index (χ0n) is 29.4. The normalized spacial score (nSPS) is 14.7. The van der Waals surface area contributed by atoms with Gasteiger partial charge in [-0.2, -0.15) is 0 Å². The minimum Gasteiger partial charge on any atom is -0.399 e. The van der Waals surface area contributed by atoms with Crippen LogP contribution in [0, 0.1) is 6.92 Å². The Morgan fingerprint density at radius 2 is 0.736 bits per heavy atom. The first-order chi connectivity index (χ1) is 26.1. The smallest absolute Gasteiger partial charge is 0.0727 e. The van der Waals surface area contributed by atoms with Crippen molar-refractivity contribution >= 4 is 39.8 Å². The lowest BCUT2D eigenvalue weighted by molar-refractivity contribution is 0.793. The second-order valence-corrected chi connectivity index (χ2v) is 14.1. The van der Waals surface area contributed by atoms with Gasteiger partial charge in [-0.25, -0.2) is 0 Å². The first-order valence-corrected chi connectivity index (χ1v) is 18.2. The van der Waals surface area contributed by atoms with Crippen molar-refractivity contribution in [3.8, 4) is 22.3 Å². The summed E-state index contributed by atoms with van der Waals surface area (Å²) < 4.78 is 0. The van der Waals surface area contributed by atoms with Gasteiger partial charge in [-0.15, -0.1) is 0 Å². The van der Waals surface area contributed by atoms with Crippen LogP contribution in [0.4, 0.5) is 39.8 Å². The Hall–Kier alpha value is -6.84. The van der Waals surface area contributed by atoms with Crippen molar-refractivity contribution in [1.82, 2.24) is 0 Å². The van der Waals surface area contributed by atoms with E-state index >= 15 is 0 Å². The molecular weight excluding hydrogens is 643 g/mol. The molecule has 0 radical (unpaired) electrons. The summed E-state index contributed by atoms with van der Waals surface area (Å²) in [7, 11) is 0. The molecule has 0 amide bonds. The summed E-state index contributed by atoms with van der Waals surface area (Å²) in [6.07, 6.45) is 0. The van der Waals surface area contributed by atoms with Crippen LogP contribution in [0.15, 0.2) is 194 Å². The van der Waals surface area contributed by atoms with Crippen molar-refractivity contribution in [1.29, 1.82) is 0 Å². The van der Waals surface area contributed by atoms with Gasteiger partial charge in [-0.05, 0) is 136 Å². The largest absolute Gasteiger partial charge is 0.399 e. The summed E-state index contributed by atoms with van der Waals surface area (Å²) >= 11 is 0. The van der Waals surface area contributed by atoms with E-state index in [1.165, 1.54) is 50.1 Å². The molecule has 8 aromatic rings. The van der Waals surface area contributed by atoms with E-state index < -0.39 is 5.41 Å². The van der Waals surface area contributed by atoms with Gasteiger partial charge < -0.3 is 15.5 Å². The molecule has 2 N–H and O–H groups in total. The topological polar surface area (TPSA) is 32.5 Å². The van der Waals surface area contributed by atoms with Crippen LogP contribution in [-0.2, 0) is 5.41 Å². The van der Waals surface area contributed by atoms with E-state index in [2.05, 4.69) is 205 Å². The van der Waals surface area contributed by atoms with Gasteiger partial charge in [0.1, 0.15) is 0 Å². The lowest BCUT2D eigenvalue weighted by Gasteiger charge is -2.32. The Morgan fingerprint density at radius 3 is 1.32 bits per heavy atom. The predicted octanol–water partition coefficient (Wildman–Crippen LogP) is 12.9. The number of benzene rings is 8. The molecule has 2 aliphatic carbocycles. The van der Waals surface area contributed by atoms with Crippen LogP contribution in [0.3, 0.4) is 0 Å². The number of fused-ring (bicyclic) bond motifs is 10. The number of nitrogen functional groups attached to an aromatic ring is 1. The van der Waals surface area contributed by atoms with E-state index in [0.717, 1.165) is 39.8 Å². The molecule has 0 saturated heterocycles. The zero-order valence-corrected chi connectivity index (χ0v) is 29.4. The molecule has 10 rings (SSSR count). The zero-order chi connectivity index (χ0) is 35.5. The second-order valence-electron chi connectivity index (χ2n) is 14.1. The Bertz CT molecular complexity index is 2540. The second kappa shape index (κ2) is 12.1. The molecule has 8 aromatic carbocycles. The first-order valence-electron chi connectivity index (χ1n) is 18.2. The van der Waals surface area contributed by atoms with Gasteiger partial charge in [0.2, 0.25) is 0 Å². The highest BCUT2D eigenvalue weighted by Gasteiger charge is 2.52. The molecule has 0 aromatic heterocycles. The summed E-state index contributed by atoms with van der Waals surface area (Å²) in [5.74, 6) is 0. The third kappa shape index (κ3) is 4.74. The molecule has 0 fully saturated rings. The molecule has 0 aliphatic heterocycles. The van der Waals surface area contributed by atoms with E-state index in [9.17, 15) is 0 Å². The van der Waals surface area contributed by atoms with Crippen LogP contribution in [0.1, 0.15) is 27.8 Å². The highest BCUT2D eigenvalue weighted by molar-refractivity contribution is 5.97. The quantitative estimate of drug-likeness (QED) is 0.178. The molecule has 252 valence electrons. The summed E-state index contributed by atoms with van der Waals surface area (Å²) in [5, 5.41) is 0. The number of hydrogen-bond donors (Lipinski definition) is 1. The van der Waals surface area contributed by atoms with E-state index in [-0.39, 0.29) is 0 Å². The van der Waals surface area contributed by atoms with Crippen LogP contribution >= 0.6 is 0 Å². The molecular formula is C50H37N3. The summed E-state index contributed by atoms with van der Waals surface area (Å²) in [6.45, 7) is 2.20. The van der Waals surface area contributed by atoms with Crippen molar-refractivity contribution in [3.05, 3.63) is 222 Å². The van der Waals surface area contributed by atoms with Gasteiger partial charge in [-0.1, -0.05) is 115 Å². The third-order valence-electron chi connectivity index (χ3n) is 11.0. The number of para-hydroxylation sites is 3. The Morgan fingerprint density at radius 1 is 0.340 bits per heavy atom. The summed E-state index contributed by atoms with van der Waals surface area (Å²) in [5.41, 5.74) is 25.0. The monoisotopic (exact) mass is 679 g/mol. The highest BCUT2D eigenvalue weighted by Crippen LogP contribution is 2.63. The van der Waals surface area contributed by atoms with Gasteiger partial charge in [0.25, 0.3) is 0 Å². The Labute approximate surface area is 310 Å². The minimum atomic E-state index is -0.494. The summed E-state index contributed by atoms with van der Waals surface area (Å²) in [6, 6.07) is 70.1. The number of hydrogen-bond acceptors (Lipinski definition) is 3. The fourth-order valence-electron chi connectivity index (χ4n) is 8.82. The van der Waals surface area contributed by atoms with Crippen LogP contribution in [0.5, 0.6) is 0 Å². The van der Waals surface area contributed by atoms with Crippen molar-refractivity contribution in [2.24, 2.45) is 0 Å². The van der Waals surface area contributed by atoms with Crippen molar-refractivity contribution in [2.75, 3.05) is 15.5 Å². The van der Waals surface area contributed by atoms with Gasteiger partial charge >= 0.3 is 0 Å². The third-order valence-corrected chi connectivity index (χ3v) is 11.0. The molecule has 1 spiro atoms. The number of anilines is 7. The number of nitrogens with two attached hydrogens (primary N) is 1. The van der Waals surface area contributed by atoms with Crippen LogP contribution in [-0.4, -0.2) is 0 Å². The molecule has 0 bridgehead atoms. The van der Waals surface area contributed by atoms with E-state index in [0.29, 0.717) is 0 Å². The lowest BCUT2D eigenvalue weighted by Crippen LogP contribution is -2.26. The molecule has 53 heavy (non-hydrogen) atoms. The maximum absolute atomic E-state index is 6.61. The highest BCUT2D eigenvalue weighted by atomic mass is 15.2. The van der Waals surface area contributed by atoms with Crippen LogP contribution < -0.4 is 15.5 Å². The Balaban J connectivity index is 1.17. The van der Waals surface area contributed by atoms with Gasteiger partial charge in [-0.3, -0.25) is 0 Å². The first kappa shape index (κ1) is 30.9. The standard InChI is InChI=1S/C50H37N3/c1-34-21-28-43-44-29-22-35(51)32-48(44)50(47(43)31-34)46-20-12-11-19-42(46)45-30-27-41(33-49(45)50)53(38-17-9-4-10-18-38)40-25-23-39(24-26-40)52(36-13-5-2-6-14-36)37-15-7-3-8-16-37/h2-33H,51H2,1H3.